The Balaban J connectivity index is 1.28. The largest absolute Gasteiger partial charge is 0.497 e. The van der Waals surface area contributed by atoms with Gasteiger partial charge in [-0.25, -0.2) is 9.36 Å². The summed E-state index contributed by atoms with van der Waals surface area (Å²) in [5, 5.41) is 24.4. The Hall–Kier alpha value is -4.01. The van der Waals surface area contributed by atoms with Gasteiger partial charge in [-0.05, 0) is 108 Å². The van der Waals surface area contributed by atoms with Crippen LogP contribution in [0, 0.1) is 29.6 Å². The van der Waals surface area contributed by atoms with E-state index in [1.165, 1.54) is 33.5 Å². The lowest BCUT2D eigenvalue weighted by Crippen LogP contribution is -2.64. The lowest BCUT2D eigenvalue weighted by atomic mass is 9.81. The maximum Gasteiger partial charge on any atom is 0.497 e. The summed E-state index contributed by atoms with van der Waals surface area (Å²) in [6.45, 7) is 10.9. The number of hydroxylamine groups is 2. The predicted molar refractivity (Wildman–Crippen MR) is 260 cm³/mol. The van der Waals surface area contributed by atoms with Crippen molar-refractivity contribution in [1.82, 2.24) is 9.96 Å². The average molecular weight is 1030 g/mol. The third kappa shape index (κ3) is 12.6. The Morgan fingerprint density at radius 1 is 0.847 bits per heavy atom. The standard InChI is InChI=1S/C52H75N2O17P/c1-11-35-23-29(2)22-30(3)24-43(65-8)46-44(66-9)26-32(5)52(62,69-46)47(57)50(60)53-21-15-14-18-38(53)51(61)68-45(33(6)39(55)28-40(35)56)31(4)25-34-19-20-41(42(27-34)64-7)70-72(63,67-10)71-54-48(58)36-16-12-13-17-37(36)49(54)59/h12-13,16-17,23,25,30,32-35,38-39,41-46,55,62H,11,14-15,18-22,24,26-28H2,1-10H3/b29-23-,31-25+/t30-,32+,33+,34-,35+,38-,39?,41+,42+,43-,44-,45+,46+,52+,72?/m0/s1. The minimum absolute atomic E-state index is 0.0160. The van der Waals surface area contributed by atoms with Crippen LogP contribution in [0.15, 0.2) is 47.6 Å². The van der Waals surface area contributed by atoms with Crippen molar-refractivity contribution >= 4 is 43.1 Å². The summed E-state index contributed by atoms with van der Waals surface area (Å²) < 4.78 is 60.5. The van der Waals surface area contributed by atoms with Crippen LogP contribution in [-0.4, -0.2) is 145 Å². The first-order chi connectivity index (χ1) is 34.1. The number of phosphoric ester groups is 1. The number of ketones is 2. The van der Waals surface area contributed by atoms with Crippen LogP contribution in [0.1, 0.15) is 133 Å². The zero-order valence-electron chi connectivity index (χ0n) is 43.3. The average Bonchev–Trinajstić information content (AvgIpc) is 3.60. The number of Topliss-reactive ketones (excluding diaryl/α,β-unsaturated/α-hetero) is 2. The van der Waals surface area contributed by atoms with Crippen LogP contribution in [-0.2, 0) is 61.1 Å². The number of hydrogen-bond acceptors (Lipinski definition) is 17. The number of carbonyl (C=O) groups is 6. The Bertz CT molecular complexity index is 2230. The number of nitrogens with zero attached hydrogens (tertiary/aromatic N) is 2. The summed E-state index contributed by atoms with van der Waals surface area (Å²) in [6, 6.07) is 4.83. The second-order valence-electron chi connectivity index (χ2n) is 20.4. The van der Waals surface area contributed by atoms with Gasteiger partial charge in [0.05, 0.1) is 41.6 Å². The molecule has 1 aliphatic carbocycles. The van der Waals surface area contributed by atoms with E-state index in [1.54, 1.807) is 32.9 Å². The number of hydrogen-bond donors (Lipinski definition) is 2. The molecule has 0 spiro atoms. The van der Waals surface area contributed by atoms with Crippen LogP contribution in [0.4, 0.5) is 0 Å². The number of esters is 1. The highest BCUT2D eigenvalue weighted by Crippen LogP contribution is 2.54. The van der Waals surface area contributed by atoms with Crippen LogP contribution < -0.4 is 0 Å². The number of benzene rings is 1. The lowest BCUT2D eigenvalue weighted by molar-refractivity contribution is -0.302. The van der Waals surface area contributed by atoms with Gasteiger partial charge in [0.2, 0.25) is 5.79 Å². The van der Waals surface area contributed by atoms with E-state index in [0.717, 1.165) is 17.6 Å². The van der Waals surface area contributed by atoms with Crippen molar-refractivity contribution in [1.29, 1.82) is 0 Å². The van der Waals surface area contributed by atoms with Gasteiger partial charge in [-0.15, -0.1) is 5.06 Å². The number of methoxy groups -OCH3 is 3. The molecule has 5 aliphatic rings. The van der Waals surface area contributed by atoms with Crippen molar-refractivity contribution in [3.8, 4) is 0 Å². The Morgan fingerprint density at radius 3 is 2.10 bits per heavy atom. The van der Waals surface area contributed by atoms with Gasteiger partial charge >= 0.3 is 13.8 Å². The third-order valence-electron chi connectivity index (χ3n) is 15.3. The molecule has 2 unspecified atom stereocenters. The van der Waals surface area contributed by atoms with Crippen LogP contribution >= 0.6 is 7.82 Å². The molecule has 2 bridgehead atoms. The van der Waals surface area contributed by atoms with E-state index in [4.69, 9.17) is 37.4 Å². The first-order valence-corrected chi connectivity index (χ1v) is 26.7. The first-order valence-electron chi connectivity index (χ1n) is 25.3. The summed E-state index contributed by atoms with van der Waals surface area (Å²) in [5.74, 6) is -10.0. The van der Waals surface area contributed by atoms with Gasteiger partial charge in [0.25, 0.3) is 23.5 Å². The van der Waals surface area contributed by atoms with Crippen molar-refractivity contribution in [2.75, 3.05) is 35.0 Å². The molecule has 15 atom stereocenters. The molecule has 2 saturated heterocycles. The quantitative estimate of drug-likeness (QED) is 0.0792. The van der Waals surface area contributed by atoms with Crippen LogP contribution in [0.5, 0.6) is 0 Å². The van der Waals surface area contributed by atoms with E-state index in [2.05, 4.69) is 0 Å². The zero-order chi connectivity index (χ0) is 52.8. The SMILES string of the molecule is CC[C@@H]1/C=C(/C)C[C@H](C)C[C@H](OC)[C@H]2O[C@@](O)(C(=O)C(=O)N3CCCC[C@H]3C(=O)O[C@H](/C(C)=C/[C@@H]3CC[C@@H](OP(=O)(OC)ON4C(=O)c5ccccc5C4=O)[C@H](OC)C3)[C@H](C)C(O)CC1=O)[C@H](C)C[C@@H]2OC. The van der Waals surface area contributed by atoms with E-state index < -0.39 is 110 Å². The van der Waals surface area contributed by atoms with Crippen molar-refractivity contribution in [2.24, 2.45) is 29.6 Å². The number of amides is 3. The number of piperidine rings is 1. The molecule has 6 rings (SSSR count). The molecule has 72 heavy (non-hydrogen) atoms. The van der Waals surface area contributed by atoms with E-state index in [9.17, 15) is 43.5 Å². The Kier molecular flexibility index (Phi) is 19.5. The molecule has 2 N–H and O–H groups in total. The minimum Gasteiger partial charge on any atom is -0.456 e. The van der Waals surface area contributed by atoms with Crippen LogP contribution in [0.3, 0.4) is 0 Å². The highest BCUT2D eigenvalue weighted by Gasteiger charge is 2.57. The fraction of sp³-hybridized carbons (Fsp3) is 0.692. The maximum atomic E-state index is 14.6. The number of ether oxygens (including phenoxy) is 5. The minimum atomic E-state index is -4.57. The number of rotatable bonds is 11. The van der Waals surface area contributed by atoms with Gasteiger partial charge in [-0.1, -0.05) is 57.6 Å². The summed E-state index contributed by atoms with van der Waals surface area (Å²) in [7, 11) is 0.967. The van der Waals surface area contributed by atoms with E-state index in [1.807, 2.05) is 32.9 Å². The van der Waals surface area contributed by atoms with Gasteiger partial charge in [-0.3, -0.25) is 33.0 Å². The number of aliphatic hydroxyl groups excluding tert-OH is 1. The third-order valence-corrected chi connectivity index (χ3v) is 16.6. The van der Waals surface area contributed by atoms with Gasteiger partial charge in [-0.2, -0.15) is 4.62 Å². The van der Waals surface area contributed by atoms with Gasteiger partial charge in [0, 0.05) is 59.2 Å². The molecule has 4 heterocycles. The number of cyclic esters (lactones) is 1. The predicted octanol–water partition coefficient (Wildman–Crippen LogP) is 6.48. The molecule has 3 amide bonds. The van der Waals surface area contributed by atoms with Crippen molar-refractivity contribution in [3.05, 3.63) is 58.7 Å². The fourth-order valence-corrected chi connectivity index (χ4v) is 12.2. The molecular weight excluding hydrogens is 956 g/mol. The Morgan fingerprint density at radius 2 is 1.49 bits per heavy atom. The topological polar surface area (TPSA) is 240 Å². The molecule has 0 radical (unpaired) electrons. The van der Waals surface area contributed by atoms with E-state index >= 15 is 0 Å². The highest BCUT2D eigenvalue weighted by atomic mass is 31.2. The number of allylic oxidation sites excluding steroid dienone is 3. The smallest absolute Gasteiger partial charge is 0.456 e. The van der Waals surface area contributed by atoms with Crippen molar-refractivity contribution in [2.45, 2.75) is 167 Å². The van der Waals surface area contributed by atoms with Gasteiger partial charge in [0.1, 0.15) is 24.0 Å². The Labute approximate surface area is 422 Å². The molecule has 19 nitrogen and oxygen atoms in total. The van der Waals surface area contributed by atoms with Crippen LogP contribution in [0.2, 0.25) is 0 Å². The molecule has 1 aromatic rings. The van der Waals surface area contributed by atoms with Crippen molar-refractivity contribution < 1.29 is 80.9 Å². The highest BCUT2D eigenvalue weighted by molar-refractivity contribution is 7.48. The molecule has 20 heteroatoms. The van der Waals surface area contributed by atoms with Crippen molar-refractivity contribution in [3.63, 3.8) is 0 Å². The summed E-state index contributed by atoms with van der Waals surface area (Å²) in [6.07, 6.45) is 1.20. The molecule has 1 saturated carbocycles. The normalized spacial score (nSPS) is 36.7. The monoisotopic (exact) mass is 1030 g/mol. The fourth-order valence-electron chi connectivity index (χ4n) is 11.1. The second kappa shape index (κ2) is 24.6. The molecule has 400 valence electrons. The number of aliphatic hydroxyl groups is 2. The number of carbonyl (C=O) groups excluding carboxylic acids is 6. The van der Waals surface area contributed by atoms with Gasteiger partial charge in [0.15, 0.2) is 0 Å². The second-order valence-corrected chi connectivity index (χ2v) is 22.0. The lowest BCUT2D eigenvalue weighted by Gasteiger charge is -2.47. The molecule has 1 aromatic carbocycles. The molecular formula is C52H75N2O17P. The summed E-state index contributed by atoms with van der Waals surface area (Å²) in [5.41, 5.74) is 1.63. The first kappa shape index (κ1) is 57.3. The summed E-state index contributed by atoms with van der Waals surface area (Å²) in [4.78, 5) is 84.6. The molecule has 0 aromatic heterocycles. The zero-order valence-corrected chi connectivity index (χ0v) is 44.2. The van der Waals surface area contributed by atoms with E-state index in [-0.39, 0.29) is 61.0 Å². The van der Waals surface area contributed by atoms with Gasteiger partial charge < -0.3 is 38.8 Å². The summed E-state index contributed by atoms with van der Waals surface area (Å²) >= 11 is 0. The molecule has 3 fully saturated rings. The maximum absolute atomic E-state index is 14.6. The number of fused-ring (bicyclic) bond motifs is 4. The van der Waals surface area contributed by atoms with E-state index in [0.29, 0.717) is 55.6 Å². The van der Waals surface area contributed by atoms with Crippen LogP contribution in [0.25, 0.3) is 0 Å². The number of phosphoric acid groups is 1. The molecule has 4 aliphatic heterocycles. The number of imide groups is 1.